The van der Waals surface area contributed by atoms with Crippen molar-refractivity contribution in [1.82, 2.24) is 0 Å². The molecule has 0 aromatic heterocycles. The predicted molar refractivity (Wildman–Crippen MR) is 133 cm³/mol. The molecule has 162 valence electrons. The first kappa shape index (κ1) is 20.6. The van der Waals surface area contributed by atoms with Gasteiger partial charge in [-0.25, -0.2) is 0 Å². The number of allylic oxidation sites excluding steroid dienone is 4. The largest absolute Gasteiger partial charge is 0.402 e. The highest BCUT2D eigenvalue weighted by molar-refractivity contribution is 5.82. The summed E-state index contributed by atoms with van der Waals surface area (Å²) in [7, 11) is 0. The van der Waals surface area contributed by atoms with Crippen molar-refractivity contribution in [2.75, 3.05) is 0 Å². The van der Waals surface area contributed by atoms with Gasteiger partial charge in [0.05, 0.1) is 0 Å². The van der Waals surface area contributed by atoms with Gasteiger partial charge in [-0.05, 0) is 97.1 Å². The van der Waals surface area contributed by atoms with Gasteiger partial charge in [0.2, 0.25) is 0 Å². The van der Waals surface area contributed by atoms with Crippen molar-refractivity contribution in [3.63, 3.8) is 0 Å². The zero-order chi connectivity index (χ0) is 21.5. The molecular formula is C30H37N. The molecule has 0 bridgehead atoms. The topological polar surface area (TPSA) is 26.0 Å². The van der Waals surface area contributed by atoms with Crippen molar-refractivity contribution >= 4 is 5.57 Å². The number of hydrogen-bond acceptors (Lipinski definition) is 1. The van der Waals surface area contributed by atoms with Gasteiger partial charge in [-0.3, -0.25) is 0 Å². The fourth-order valence-electron chi connectivity index (χ4n) is 5.85. The lowest BCUT2D eigenvalue weighted by atomic mass is 9.81. The van der Waals surface area contributed by atoms with Crippen molar-refractivity contribution in [3.8, 4) is 11.1 Å². The van der Waals surface area contributed by atoms with Crippen LogP contribution in [0.5, 0.6) is 0 Å². The van der Waals surface area contributed by atoms with Crippen LogP contribution in [0.4, 0.5) is 0 Å². The Labute approximate surface area is 188 Å². The fourth-order valence-corrected chi connectivity index (χ4v) is 5.85. The molecule has 0 amide bonds. The normalized spacial score (nSPS) is 24.2. The molecule has 2 fully saturated rings. The van der Waals surface area contributed by atoms with E-state index in [4.69, 9.17) is 5.73 Å². The summed E-state index contributed by atoms with van der Waals surface area (Å²) in [5.41, 5.74) is 19.7. The predicted octanol–water partition coefficient (Wildman–Crippen LogP) is 8.21. The Balaban J connectivity index is 1.49. The molecule has 2 saturated carbocycles. The Morgan fingerprint density at radius 1 is 0.968 bits per heavy atom. The Hall–Kier alpha value is -2.28. The summed E-state index contributed by atoms with van der Waals surface area (Å²) >= 11 is 0. The van der Waals surface area contributed by atoms with Gasteiger partial charge in [-0.2, -0.15) is 0 Å². The molecule has 2 aromatic carbocycles. The van der Waals surface area contributed by atoms with Crippen LogP contribution in [0.2, 0.25) is 0 Å². The molecule has 2 aromatic rings. The van der Waals surface area contributed by atoms with Crippen LogP contribution < -0.4 is 5.73 Å². The molecule has 0 spiro atoms. The van der Waals surface area contributed by atoms with Crippen molar-refractivity contribution in [2.24, 2.45) is 17.6 Å². The van der Waals surface area contributed by atoms with Crippen LogP contribution in [0.15, 0.2) is 59.3 Å². The van der Waals surface area contributed by atoms with Crippen LogP contribution in [0.1, 0.15) is 94.7 Å². The molecule has 0 radical (unpaired) electrons. The molecule has 0 aliphatic heterocycles. The maximum Gasteiger partial charge on any atom is 0.0133 e. The van der Waals surface area contributed by atoms with E-state index in [9.17, 15) is 0 Å². The fraction of sp³-hybridized carbons (Fsp3) is 0.467. The molecule has 2 N–H and O–H groups in total. The van der Waals surface area contributed by atoms with Crippen LogP contribution in [0, 0.1) is 11.8 Å². The Kier molecular flexibility index (Phi) is 5.54. The van der Waals surface area contributed by atoms with Gasteiger partial charge in [0.1, 0.15) is 0 Å². The highest BCUT2D eigenvalue weighted by Gasteiger charge is 2.45. The van der Waals surface area contributed by atoms with Crippen molar-refractivity contribution in [2.45, 2.75) is 78.1 Å². The first-order chi connectivity index (χ1) is 15.1. The number of nitrogens with two attached hydrogens (primary N) is 1. The lowest BCUT2D eigenvalue weighted by Gasteiger charge is -2.24. The number of rotatable bonds is 7. The Morgan fingerprint density at radius 2 is 1.71 bits per heavy atom. The first-order valence-electron chi connectivity index (χ1n) is 12.5. The van der Waals surface area contributed by atoms with Crippen molar-refractivity contribution in [3.05, 3.63) is 76.0 Å². The van der Waals surface area contributed by atoms with Crippen LogP contribution in [-0.2, 0) is 0 Å². The SMILES string of the molecule is CCC/C(N)=C(/C)CCC(=C1CCC1)c1ccc2c(c1)C(C1CC1C)c1ccccc1-2. The number of fused-ring (bicyclic) bond motifs is 3. The quantitative estimate of drug-likeness (QED) is 0.488. The minimum absolute atomic E-state index is 0.593. The van der Waals surface area contributed by atoms with Crippen molar-refractivity contribution in [1.29, 1.82) is 0 Å². The van der Waals surface area contributed by atoms with Crippen LogP contribution in [-0.4, -0.2) is 0 Å². The molecule has 3 unspecified atom stereocenters. The Morgan fingerprint density at radius 3 is 2.39 bits per heavy atom. The molecule has 0 heterocycles. The van der Waals surface area contributed by atoms with E-state index in [1.54, 1.807) is 22.3 Å². The third-order valence-electron chi connectivity index (χ3n) is 8.12. The molecule has 31 heavy (non-hydrogen) atoms. The van der Waals surface area contributed by atoms with E-state index >= 15 is 0 Å². The number of benzene rings is 2. The average Bonchev–Trinajstić information content (AvgIpc) is 3.36. The average molecular weight is 412 g/mol. The summed E-state index contributed by atoms with van der Waals surface area (Å²) in [5, 5.41) is 0. The van der Waals surface area contributed by atoms with E-state index in [0.29, 0.717) is 5.92 Å². The smallest absolute Gasteiger partial charge is 0.0133 e. The zero-order valence-electron chi connectivity index (χ0n) is 19.5. The number of hydrogen-bond donors (Lipinski definition) is 1. The lowest BCUT2D eigenvalue weighted by Crippen LogP contribution is -2.05. The summed E-state index contributed by atoms with van der Waals surface area (Å²) in [6.07, 6.45) is 9.65. The minimum atomic E-state index is 0.593. The molecular weight excluding hydrogens is 374 g/mol. The zero-order valence-corrected chi connectivity index (χ0v) is 19.5. The van der Waals surface area contributed by atoms with E-state index in [2.05, 4.69) is 63.2 Å². The molecule has 0 saturated heterocycles. The van der Waals surface area contributed by atoms with Crippen LogP contribution in [0.3, 0.4) is 0 Å². The van der Waals surface area contributed by atoms with Gasteiger partial charge in [0.25, 0.3) is 0 Å². The van der Waals surface area contributed by atoms with Crippen LogP contribution >= 0.6 is 0 Å². The second kappa shape index (κ2) is 8.34. The maximum absolute atomic E-state index is 6.33. The summed E-state index contributed by atoms with van der Waals surface area (Å²) < 4.78 is 0. The molecule has 1 nitrogen and oxygen atoms in total. The molecule has 5 rings (SSSR count). The standard InChI is InChI=1S/C30H37N/c1-4-8-29(31)19(2)13-15-23(21-9-7-10-21)22-14-16-25-24-11-5-6-12-26(24)30(28(25)18-22)27-17-20(27)3/h5-6,11-12,14,16,18,20,27,30H,4,7-10,13,15,17,31H2,1-3H3/b29-19+. The molecule has 3 aliphatic rings. The highest BCUT2D eigenvalue weighted by Crippen LogP contribution is 2.58. The lowest BCUT2D eigenvalue weighted by molar-refractivity contribution is 0.659. The van der Waals surface area contributed by atoms with Gasteiger partial charge < -0.3 is 5.73 Å². The summed E-state index contributed by atoms with van der Waals surface area (Å²) in [4.78, 5) is 0. The maximum atomic E-state index is 6.33. The van der Waals surface area contributed by atoms with Gasteiger partial charge in [0.15, 0.2) is 0 Å². The molecule has 3 atom stereocenters. The van der Waals surface area contributed by atoms with Crippen LogP contribution in [0.25, 0.3) is 16.7 Å². The van der Waals surface area contributed by atoms with Gasteiger partial charge in [0, 0.05) is 11.6 Å². The summed E-state index contributed by atoms with van der Waals surface area (Å²) in [5.74, 6) is 2.26. The van der Waals surface area contributed by atoms with Crippen molar-refractivity contribution < 1.29 is 0 Å². The molecule has 1 heteroatoms. The molecule has 3 aliphatic carbocycles. The van der Waals surface area contributed by atoms with Gasteiger partial charge in [-0.15, -0.1) is 0 Å². The first-order valence-corrected chi connectivity index (χ1v) is 12.5. The summed E-state index contributed by atoms with van der Waals surface area (Å²) in [6, 6.07) is 16.5. The monoisotopic (exact) mass is 411 g/mol. The highest BCUT2D eigenvalue weighted by atomic mass is 14.6. The third-order valence-corrected chi connectivity index (χ3v) is 8.12. The minimum Gasteiger partial charge on any atom is -0.402 e. The Bertz CT molecular complexity index is 1050. The second-order valence-corrected chi connectivity index (χ2v) is 10.2. The summed E-state index contributed by atoms with van der Waals surface area (Å²) in [6.45, 7) is 6.87. The third kappa shape index (κ3) is 3.77. The van der Waals surface area contributed by atoms with E-state index in [1.165, 1.54) is 47.9 Å². The van der Waals surface area contributed by atoms with E-state index in [1.807, 2.05) is 0 Å². The second-order valence-electron chi connectivity index (χ2n) is 10.2. The van der Waals surface area contributed by atoms with E-state index in [0.717, 1.165) is 43.2 Å². The van der Waals surface area contributed by atoms with E-state index in [-0.39, 0.29) is 0 Å². The van der Waals surface area contributed by atoms with Gasteiger partial charge in [-0.1, -0.05) is 73.9 Å². The van der Waals surface area contributed by atoms with Gasteiger partial charge >= 0.3 is 0 Å². The van der Waals surface area contributed by atoms with E-state index < -0.39 is 0 Å².